The van der Waals surface area contributed by atoms with Gasteiger partial charge < -0.3 is 18.6 Å². The van der Waals surface area contributed by atoms with Crippen molar-refractivity contribution in [3.8, 4) is 11.5 Å². The van der Waals surface area contributed by atoms with Crippen LogP contribution >= 0.6 is 0 Å². The minimum absolute atomic E-state index is 0.0127. The first-order valence-corrected chi connectivity index (χ1v) is 11.0. The molecule has 2 aromatic carbocycles. The number of amides is 1. The van der Waals surface area contributed by atoms with Crippen LogP contribution in [0.15, 0.2) is 76.4 Å². The Morgan fingerprint density at radius 2 is 1.79 bits per heavy atom. The molecule has 2 heterocycles. The van der Waals surface area contributed by atoms with Crippen molar-refractivity contribution in [1.82, 2.24) is 5.01 Å². The molecule has 0 aliphatic carbocycles. The fourth-order valence-electron chi connectivity index (χ4n) is 3.57. The number of hydrazone groups is 1. The topological polar surface area (TPSA) is 90.6 Å². The minimum Gasteiger partial charge on any atom is -0.497 e. The van der Waals surface area contributed by atoms with Gasteiger partial charge in [-0.2, -0.15) is 5.10 Å². The number of hydrogen-bond acceptors (Lipinski definition) is 7. The molecule has 0 radical (unpaired) electrons. The largest absolute Gasteiger partial charge is 0.497 e. The molecule has 0 spiro atoms. The van der Waals surface area contributed by atoms with Crippen LogP contribution in [0.1, 0.15) is 35.8 Å². The molecule has 4 rings (SSSR count). The molecule has 0 saturated heterocycles. The van der Waals surface area contributed by atoms with Gasteiger partial charge in [-0.1, -0.05) is 29.8 Å². The second-order valence-electron chi connectivity index (χ2n) is 7.82. The van der Waals surface area contributed by atoms with Crippen LogP contribution in [0.25, 0.3) is 0 Å². The summed E-state index contributed by atoms with van der Waals surface area (Å²) in [5, 5.41) is 5.88. The monoisotopic (exact) mass is 462 g/mol. The Morgan fingerprint density at radius 3 is 2.47 bits per heavy atom. The van der Waals surface area contributed by atoms with Crippen molar-refractivity contribution in [2.45, 2.75) is 25.8 Å². The van der Waals surface area contributed by atoms with E-state index in [1.807, 2.05) is 31.2 Å². The SMILES string of the molecule is COc1ccc(OCCC(=O)OCC(=O)N2N=C(c3ccc(C)cc3)CC2c2ccco2)cc1. The standard InChI is InChI=1S/C26H26N2O6/c1-18-5-7-19(8-6-18)22-16-23(24-4-3-14-33-24)28(27-22)25(29)17-34-26(30)13-15-32-21-11-9-20(31-2)10-12-21/h3-12,14,23H,13,15-17H2,1-2H3. The zero-order valence-electron chi connectivity index (χ0n) is 19.1. The van der Waals surface area contributed by atoms with Gasteiger partial charge in [-0.3, -0.25) is 9.59 Å². The lowest BCUT2D eigenvalue weighted by atomic mass is 10.0. The average molecular weight is 463 g/mol. The Morgan fingerprint density at radius 1 is 1.06 bits per heavy atom. The first-order valence-electron chi connectivity index (χ1n) is 11.0. The number of carbonyl (C=O) groups excluding carboxylic acids is 2. The van der Waals surface area contributed by atoms with E-state index >= 15 is 0 Å². The minimum atomic E-state index is -0.529. The number of aryl methyl sites for hydroxylation is 1. The number of hydrogen-bond donors (Lipinski definition) is 0. The van der Waals surface area contributed by atoms with Crippen molar-refractivity contribution < 1.29 is 28.2 Å². The van der Waals surface area contributed by atoms with Gasteiger partial charge in [-0.05, 0) is 48.9 Å². The fraction of sp³-hybridized carbons (Fsp3) is 0.269. The smallest absolute Gasteiger partial charge is 0.309 e. The summed E-state index contributed by atoms with van der Waals surface area (Å²) in [5.74, 6) is 0.999. The highest BCUT2D eigenvalue weighted by Gasteiger charge is 2.35. The molecule has 0 N–H and O–H groups in total. The fourth-order valence-corrected chi connectivity index (χ4v) is 3.57. The predicted octanol–water partition coefficient (Wildman–Crippen LogP) is 4.29. The molecule has 0 fully saturated rings. The highest BCUT2D eigenvalue weighted by molar-refractivity contribution is 6.03. The molecule has 1 unspecified atom stereocenters. The summed E-state index contributed by atoms with van der Waals surface area (Å²) in [7, 11) is 1.58. The van der Waals surface area contributed by atoms with E-state index in [0.717, 1.165) is 16.8 Å². The Balaban J connectivity index is 1.33. The van der Waals surface area contributed by atoms with Crippen LogP contribution in [0, 0.1) is 6.92 Å². The molecule has 1 amide bonds. The second kappa shape index (κ2) is 10.7. The zero-order valence-corrected chi connectivity index (χ0v) is 19.1. The van der Waals surface area contributed by atoms with Gasteiger partial charge in [0.25, 0.3) is 5.91 Å². The van der Waals surface area contributed by atoms with E-state index < -0.39 is 24.5 Å². The Kier molecular flexibility index (Phi) is 7.27. The number of nitrogens with zero attached hydrogens (tertiary/aromatic N) is 2. The van der Waals surface area contributed by atoms with E-state index in [1.165, 1.54) is 5.01 Å². The maximum Gasteiger partial charge on any atom is 0.309 e. The van der Waals surface area contributed by atoms with Gasteiger partial charge in [0.15, 0.2) is 6.61 Å². The van der Waals surface area contributed by atoms with Crippen LogP contribution in [0.3, 0.4) is 0 Å². The summed E-state index contributed by atoms with van der Waals surface area (Å²) < 4.78 is 21.3. The first kappa shape index (κ1) is 23.1. The molecule has 0 bridgehead atoms. The van der Waals surface area contributed by atoms with E-state index in [9.17, 15) is 9.59 Å². The Labute approximate surface area is 197 Å². The van der Waals surface area contributed by atoms with E-state index in [2.05, 4.69) is 5.10 Å². The summed E-state index contributed by atoms with van der Waals surface area (Å²) in [6.45, 7) is 1.73. The van der Waals surface area contributed by atoms with Crippen LogP contribution < -0.4 is 9.47 Å². The molecule has 1 atom stereocenters. The zero-order chi connectivity index (χ0) is 23.9. The van der Waals surface area contributed by atoms with Crippen LogP contribution in [-0.2, 0) is 14.3 Å². The van der Waals surface area contributed by atoms with Gasteiger partial charge in [0.05, 0.1) is 32.1 Å². The van der Waals surface area contributed by atoms with Gasteiger partial charge in [0.1, 0.15) is 23.3 Å². The van der Waals surface area contributed by atoms with Gasteiger partial charge in [-0.15, -0.1) is 0 Å². The summed E-state index contributed by atoms with van der Waals surface area (Å²) in [5.41, 5.74) is 2.85. The number of methoxy groups -OCH3 is 1. The molecule has 1 aromatic heterocycles. The lowest BCUT2D eigenvalue weighted by molar-refractivity contribution is -0.153. The van der Waals surface area contributed by atoms with Crippen molar-refractivity contribution in [2.24, 2.45) is 5.10 Å². The maximum atomic E-state index is 12.9. The highest BCUT2D eigenvalue weighted by Crippen LogP contribution is 2.33. The maximum absolute atomic E-state index is 12.9. The van der Waals surface area contributed by atoms with Gasteiger partial charge in [0.2, 0.25) is 0 Å². The third kappa shape index (κ3) is 5.64. The normalized spacial score (nSPS) is 15.1. The predicted molar refractivity (Wildman–Crippen MR) is 125 cm³/mol. The van der Waals surface area contributed by atoms with Crippen LogP contribution in [-0.4, -0.2) is 42.9 Å². The lowest BCUT2D eigenvalue weighted by Crippen LogP contribution is -2.31. The van der Waals surface area contributed by atoms with E-state index in [4.69, 9.17) is 18.6 Å². The highest BCUT2D eigenvalue weighted by atomic mass is 16.5. The Hall–Kier alpha value is -4.07. The van der Waals surface area contributed by atoms with Crippen LogP contribution in [0.2, 0.25) is 0 Å². The van der Waals surface area contributed by atoms with Crippen LogP contribution in [0.4, 0.5) is 0 Å². The van der Waals surface area contributed by atoms with Crippen LogP contribution in [0.5, 0.6) is 11.5 Å². The van der Waals surface area contributed by atoms with Gasteiger partial charge >= 0.3 is 5.97 Å². The quantitative estimate of drug-likeness (QED) is 0.441. The van der Waals surface area contributed by atoms with Crippen molar-refractivity contribution in [2.75, 3.05) is 20.3 Å². The Bertz CT molecular complexity index is 1140. The molecule has 176 valence electrons. The third-order valence-corrected chi connectivity index (χ3v) is 5.41. The molecule has 8 heteroatoms. The lowest BCUT2D eigenvalue weighted by Gasteiger charge is -2.19. The summed E-state index contributed by atoms with van der Waals surface area (Å²) in [6, 6.07) is 18.2. The number of ether oxygens (including phenoxy) is 3. The number of furan rings is 1. The molecule has 8 nitrogen and oxygen atoms in total. The first-order chi connectivity index (χ1) is 16.5. The molecule has 34 heavy (non-hydrogen) atoms. The summed E-state index contributed by atoms with van der Waals surface area (Å²) in [6.07, 6.45) is 2.08. The molecular formula is C26H26N2O6. The van der Waals surface area contributed by atoms with Crippen molar-refractivity contribution in [1.29, 1.82) is 0 Å². The van der Waals surface area contributed by atoms with Crippen molar-refractivity contribution >= 4 is 17.6 Å². The third-order valence-electron chi connectivity index (χ3n) is 5.41. The number of carbonyl (C=O) groups is 2. The summed E-state index contributed by atoms with van der Waals surface area (Å²) in [4.78, 5) is 25.0. The molecule has 3 aromatic rings. The van der Waals surface area contributed by atoms with Crippen molar-refractivity contribution in [3.05, 3.63) is 83.8 Å². The van der Waals surface area contributed by atoms with Crippen molar-refractivity contribution in [3.63, 3.8) is 0 Å². The summed E-state index contributed by atoms with van der Waals surface area (Å²) >= 11 is 0. The van der Waals surface area contributed by atoms with E-state index in [-0.39, 0.29) is 13.0 Å². The van der Waals surface area contributed by atoms with E-state index in [0.29, 0.717) is 23.7 Å². The molecule has 0 saturated carbocycles. The second-order valence-corrected chi connectivity index (χ2v) is 7.82. The number of rotatable bonds is 9. The average Bonchev–Trinajstić information content (AvgIpc) is 3.54. The molecular weight excluding hydrogens is 436 g/mol. The number of benzene rings is 2. The number of esters is 1. The van der Waals surface area contributed by atoms with Gasteiger partial charge in [-0.25, -0.2) is 5.01 Å². The van der Waals surface area contributed by atoms with E-state index in [1.54, 1.807) is 49.8 Å². The van der Waals surface area contributed by atoms with Gasteiger partial charge in [0, 0.05) is 6.42 Å². The molecule has 1 aliphatic heterocycles. The molecule has 1 aliphatic rings.